The zero-order valence-corrected chi connectivity index (χ0v) is 7.31. The van der Waals surface area contributed by atoms with Crippen molar-refractivity contribution < 1.29 is 4.84 Å². The Labute approximate surface area is 68.6 Å². The summed E-state index contributed by atoms with van der Waals surface area (Å²) in [6.45, 7) is 1.92. The van der Waals surface area contributed by atoms with Crippen LogP contribution < -0.4 is 5.59 Å². The molecule has 11 heavy (non-hydrogen) atoms. The molecular weight excluding hydrogens is 140 g/mol. The van der Waals surface area contributed by atoms with Gasteiger partial charge in [0.2, 0.25) is 0 Å². The lowest BCUT2D eigenvalue weighted by Gasteiger charge is -2.18. The van der Waals surface area contributed by atoms with Gasteiger partial charge in [0.05, 0.1) is 6.61 Å². The molecule has 0 aromatic rings. The summed E-state index contributed by atoms with van der Waals surface area (Å²) >= 11 is 0. The number of hydrogen-bond donors (Lipinski definition) is 1. The molecule has 0 amide bonds. The topological polar surface area (TPSA) is 24.5 Å². The summed E-state index contributed by atoms with van der Waals surface area (Å²) in [5.74, 6) is 0. The van der Waals surface area contributed by atoms with E-state index >= 15 is 0 Å². The van der Waals surface area contributed by atoms with Gasteiger partial charge in [-0.05, 0) is 12.8 Å². The molecule has 0 atom stereocenters. The Bertz CT molecular complexity index is 88.1. The van der Waals surface area contributed by atoms with Gasteiger partial charge >= 0.3 is 0 Å². The van der Waals surface area contributed by atoms with E-state index in [-0.39, 0.29) is 0 Å². The number of hydrogen-bond acceptors (Lipinski definition) is 3. The average Bonchev–Trinajstić information content (AvgIpc) is 2.03. The smallest absolute Gasteiger partial charge is 0.0698 e. The normalized spacial score (nSPS) is 24.8. The second-order valence-corrected chi connectivity index (χ2v) is 3.13. The summed E-state index contributed by atoms with van der Waals surface area (Å²) in [5.41, 5.74) is 2.89. The summed E-state index contributed by atoms with van der Waals surface area (Å²) in [6, 6.07) is 0. The van der Waals surface area contributed by atoms with Gasteiger partial charge in [-0.3, -0.25) is 4.84 Å². The molecule has 1 fully saturated rings. The lowest BCUT2D eigenvalue weighted by molar-refractivity contribution is -0.0746. The third-order valence-corrected chi connectivity index (χ3v) is 1.96. The molecule has 1 N–H and O–H groups in total. The molecule has 3 nitrogen and oxygen atoms in total. The van der Waals surface area contributed by atoms with Crippen molar-refractivity contribution in [2.24, 2.45) is 0 Å². The number of hydrazine groups is 1. The van der Waals surface area contributed by atoms with Crippen LogP contribution in [0.2, 0.25) is 0 Å². The highest BCUT2D eigenvalue weighted by molar-refractivity contribution is 4.48. The molecule has 66 valence electrons. The number of nitrogens with zero attached hydrogens (tertiary/aromatic N) is 1. The maximum atomic E-state index is 5.20. The highest BCUT2D eigenvalue weighted by Gasteiger charge is 1.99. The average molecular weight is 158 g/mol. The highest BCUT2D eigenvalue weighted by atomic mass is 16.7. The van der Waals surface area contributed by atoms with Crippen LogP contribution in [-0.4, -0.2) is 25.2 Å². The molecule has 0 radical (unpaired) electrons. The van der Waals surface area contributed by atoms with Gasteiger partial charge in [0.15, 0.2) is 0 Å². The largest absolute Gasteiger partial charge is 0.287 e. The van der Waals surface area contributed by atoms with Gasteiger partial charge < -0.3 is 0 Å². The third kappa shape index (κ3) is 4.35. The van der Waals surface area contributed by atoms with Crippen molar-refractivity contribution in [1.82, 2.24) is 10.6 Å². The van der Waals surface area contributed by atoms with E-state index in [4.69, 9.17) is 4.84 Å². The molecule has 1 aliphatic rings. The van der Waals surface area contributed by atoms with Gasteiger partial charge in [-0.2, -0.15) is 0 Å². The first-order chi connectivity index (χ1) is 5.39. The zero-order valence-electron chi connectivity index (χ0n) is 7.31. The summed E-state index contributed by atoms with van der Waals surface area (Å²) in [4.78, 5) is 5.20. The van der Waals surface area contributed by atoms with E-state index in [1.807, 2.05) is 12.1 Å². The molecule has 3 heteroatoms. The van der Waals surface area contributed by atoms with E-state index in [0.717, 1.165) is 13.2 Å². The quantitative estimate of drug-likeness (QED) is 0.575. The molecule has 0 saturated carbocycles. The standard InChI is InChI=1S/C8H18N2O/c1-10-7-5-3-2-4-6-8-11-9-10/h9H,2-8H2,1H3. The van der Waals surface area contributed by atoms with Crippen LogP contribution in [-0.2, 0) is 4.84 Å². The van der Waals surface area contributed by atoms with E-state index in [1.165, 1.54) is 32.1 Å². The number of rotatable bonds is 0. The van der Waals surface area contributed by atoms with Crippen molar-refractivity contribution in [3.05, 3.63) is 0 Å². The lowest BCUT2D eigenvalue weighted by atomic mass is 10.1. The highest BCUT2D eigenvalue weighted by Crippen LogP contribution is 2.04. The van der Waals surface area contributed by atoms with Crippen molar-refractivity contribution in [3.63, 3.8) is 0 Å². The van der Waals surface area contributed by atoms with Crippen molar-refractivity contribution in [3.8, 4) is 0 Å². The Morgan fingerprint density at radius 3 is 2.73 bits per heavy atom. The predicted molar refractivity (Wildman–Crippen MR) is 44.8 cm³/mol. The maximum Gasteiger partial charge on any atom is 0.0698 e. The fourth-order valence-electron chi connectivity index (χ4n) is 1.26. The van der Waals surface area contributed by atoms with Crippen molar-refractivity contribution in [2.75, 3.05) is 20.2 Å². The minimum atomic E-state index is 0.838. The summed E-state index contributed by atoms with van der Waals surface area (Å²) in [5, 5.41) is 2.01. The van der Waals surface area contributed by atoms with E-state index in [2.05, 4.69) is 5.59 Å². The molecule has 0 aromatic carbocycles. The molecule has 1 rings (SSSR count). The minimum Gasteiger partial charge on any atom is -0.287 e. The van der Waals surface area contributed by atoms with Gasteiger partial charge in [0.25, 0.3) is 0 Å². The van der Waals surface area contributed by atoms with Crippen LogP contribution in [0.15, 0.2) is 0 Å². The lowest BCUT2D eigenvalue weighted by Crippen LogP contribution is -2.35. The molecule has 1 heterocycles. The Balaban J connectivity index is 2.12. The fraction of sp³-hybridized carbons (Fsp3) is 1.00. The van der Waals surface area contributed by atoms with Gasteiger partial charge in [-0.15, -0.1) is 5.59 Å². The molecule has 0 aromatic heterocycles. The predicted octanol–water partition coefficient (Wildman–Crippen LogP) is 1.32. The first kappa shape index (κ1) is 8.97. The van der Waals surface area contributed by atoms with Crippen LogP contribution in [0.4, 0.5) is 0 Å². The Kier molecular flexibility index (Phi) is 4.50. The Morgan fingerprint density at radius 1 is 1.09 bits per heavy atom. The molecule has 1 aliphatic heterocycles. The van der Waals surface area contributed by atoms with Crippen LogP contribution in [0, 0.1) is 0 Å². The first-order valence-corrected chi connectivity index (χ1v) is 4.48. The zero-order chi connectivity index (χ0) is 7.94. The number of nitrogens with one attached hydrogen (secondary N) is 1. The maximum absolute atomic E-state index is 5.20. The summed E-state index contributed by atoms with van der Waals surface area (Å²) in [6.07, 6.45) is 6.47. The molecule has 0 spiro atoms. The SMILES string of the molecule is CN1CCCCCCCON1. The monoisotopic (exact) mass is 158 g/mol. The van der Waals surface area contributed by atoms with Crippen LogP contribution in [0.1, 0.15) is 32.1 Å². The van der Waals surface area contributed by atoms with Crippen molar-refractivity contribution in [2.45, 2.75) is 32.1 Å². The fourth-order valence-corrected chi connectivity index (χ4v) is 1.26. The van der Waals surface area contributed by atoms with Crippen LogP contribution >= 0.6 is 0 Å². The van der Waals surface area contributed by atoms with Gasteiger partial charge in [-0.25, -0.2) is 5.01 Å². The van der Waals surface area contributed by atoms with Gasteiger partial charge in [-0.1, -0.05) is 19.3 Å². The van der Waals surface area contributed by atoms with E-state index in [1.54, 1.807) is 0 Å². The Morgan fingerprint density at radius 2 is 1.82 bits per heavy atom. The molecule has 0 unspecified atom stereocenters. The second kappa shape index (κ2) is 5.52. The molecule has 0 bridgehead atoms. The molecule has 0 aliphatic carbocycles. The molecule has 1 saturated heterocycles. The van der Waals surface area contributed by atoms with Crippen LogP contribution in [0.5, 0.6) is 0 Å². The summed E-state index contributed by atoms with van der Waals surface area (Å²) in [7, 11) is 2.02. The van der Waals surface area contributed by atoms with Crippen LogP contribution in [0.3, 0.4) is 0 Å². The van der Waals surface area contributed by atoms with E-state index < -0.39 is 0 Å². The van der Waals surface area contributed by atoms with E-state index in [9.17, 15) is 0 Å². The summed E-state index contributed by atoms with van der Waals surface area (Å²) < 4.78 is 0. The van der Waals surface area contributed by atoms with E-state index in [0.29, 0.717) is 0 Å². The molecular formula is C8H18N2O. The second-order valence-electron chi connectivity index (χ2n) is 3.13. The van der Waals surface area contributed by atoms with Crippen molar-refractivity contribution >= 4 is 0 Å². The van der Waals surface area contributed by atoms with Gasteiger partial charge in [0, 0.05) is 13.6 Å². The van der Waals surface area contributed by atoms with Crippen LogP contribution in [0.25, 0.3) is 0 Å². The first-order valence-electron chi connectivity index (χ1n) is 4.48. The van der Waals surface area contributed by atoms with Crippen molar-refractivity contribution in [1.29, 1.82) is 0 Å². The Hall–Kier alpha value is -0.120. The van der Waals surface area contributed by atoms with Gasteiger partial charge in [0.1, 0.15) is 0 Å². The minimum absolute atomic E-state index is 0.838. The third-order valence-electron chi connectivity index (χ3n) is 1.96.